The fourth-order valence-electron chi connectivity index (χ4n) is 2.83. The maximum Gasteiger partial charge on any atom is 0.164 e. The van der Waals surface area contributed by atoms with Gasteiger partial charge in [-0.1, -0.05) is 12.1 Å². The summed E-state index contributed by atoms with van der Waals surface area (Å²) < 4.78 is 28.4. The lowest BCUT2D eigenvalue weighted by Crippen LogP contribution is -2.45. The van der Waals surface area contributed by atoms with Gasteiger partial charge in [-0.25, -0.2) is 8.78 Å². The van der Waals surface area contributed by atoms with Crippen LogP contribution in [0.2, 0.25) is 0 Å². The van der Waals surface area contributed by atoms with E-state index in [1.54, 1.807) is 30.4 Å². The SMILES string of the molecule is Cc1ccc([C@@H](c2ccsc2)N2CCNCC2)c(F)c1F. The molecule has 1 aromatic carbocycles. The van der Waals surface area contributed by atoms with Crippen LogP contribution in [0.25, 0.3) is 0 Å². The molecule has 1 aromatic heterocycles. The lowest BCUT2D eigenvalue weighted by Gasteiger charge is -2.35. The third kappa shape index (κ3) is 2.86. The second kappa shape index (κ2) is 6.22. The van der Waals surface area contributed by atoms with Crippen LogP contribution < -0.4 is 5.32 Å². The molecule has 0 amide bonds. The zero-order chi connectivity index (χ0) is 14.8. The quantitative estimate of drug-likeness (QED) is 0.935. The molecule has 1 saturated heterocycles. The van der Waals surface area contributed by atoms with E-state index in [0.717, 1.165) is 31.7 Å². The molecule has 1 fully saturated rings. The van der Waals surface area contributed by atoms with Crippen molar-refractivity contribution in [1.29, 1.82) is 0 Å². The van der Waals surface area contributed by atoms with Crippen molar-refractivity contribution in [3.05, 3.63) is 57.3 Å². The van der Waals surface area contributed by atoms with Crippen LogP contribution in [-0.4, -0.2) is 31.1 Å². The van der Waals surface area contributed by atoms with Crippen molar-refractivity contribution in [2.75, 3.05) is 26.2 Å². The molecule has 2 heterocycles. The summed E-state index contributed by atoms with van der Waals surface area (Å²) in [5, 5.41) is 7.29. The van der Waals surface area contributed by atoms with Crippen LogP contribution in [0.4, 0.5) is 8.78 Å². The molecule has 0 unspecified atom stereocenters. The third-order valence-corrected chi connectivity index (χ3v) is 4.68. The summed E-state index contributed by atoms with van der Waals surface area (Å²) in [6.45, 7) is 4.99. The Morgan fingerprint density at radius 2 is 1.90 bits per heavy atom. The normalized spacial score (nSPS) is 17.9. The standard InChI is InChI=1S/C16H18F2N2S/c1-11-2-3-13(15(18)14(11)17)16(12-4-9-21-10-12)20-7-5-19-6-8-20/h2-4,9-10,16,19H,5-8H2,1H3/t16-/m1/s1. The Morgan fingerprint density at radius 3 is 2.57 bits per heavy atom. The van der Waals surface area contributed by atoms with Crippen LogP contribution in [0, 0.1) is 18.6 Å². The molecule has 0 spiro atoms. The molecule has 1 atom stereocenters. The van der Waals surface area contributed by atoms with Crippen molar-refractivity contribution in [3.8, 4) is 0 Å². The molecule has 112 valence electrons. The number of hydrogen-bond acceptors (Lipinski definition) is 3. The predicted octanol–water partition coefficient (Wildman–Crippen LogP) is 3.33. The van der Waals surface area contributed by atoms with Crippen molar-refractivity contribution < 1.29 is 8.78 Å². The van der Waals surface area contributed by atoms with Gasteiger partial charge in [0.2, 0.25) is 0 Å². The first-order valence-electron chi connectivity index (χ1n) is 7.10. The highest BCUT2D eigenvalue weighted by Crippen LogP contribution is 2.33. The molecule has 0 saturated carbocycles. The first kappa shape index (κ1) is 14.6. The minimum Gasteiger partial charge on any atom is -0.314 e. The Labute approximate surface area is 127 Å². The summed E-state index contributed by atoms with van der Waals surface area (Å²) in [4.78, 5) is 2.21. The van der Waals surface area contributed by atoms with E-state index < -0.39 is 11.6 Å². The van der Waals surface area contributed by atoms with Crippen molar-refractivity contribution in [2.24, 2.45) is 0 Å². The molecule has 0 aliphatic carbocycles. The number of nitrogens with one attached hydrogen (secondary N) is 1. The largest absolute Gasteiger partial charge is 0.314 e. The van der Waals surface area contributed by atoms with Crippen molar-refractivity contribution in [2.45, 2.75) is 13.0 Å². The Kier molecular flexibility index (Phi) is 4.33. The van der Waals surface area contributed by atoms with Gasteiger partial charge in [-0.2, -0.15) is 11.3 Å². The molecular formula is C16H18F2N2S. The summed E-state index contributed by atoms with van der Waals surface area (Å²) in [6, 6.07) is 5.16. The molecule has 1 N–H and O–H groups in total. The average molecular weight is 308 g/mol. The van der Waals surface area contributed by atoms with Crippen LogP contribution in [0.15, 0.2) is 29.0 Å². The second-order valence-electron chi connectivity index (χ2n) is 5.34. The molecule has 21 heavy (non-hydrogen) atoms. The molecule has 0 bridgehead atoms. The number of benzene rings is 1. The lowest BCUT2D eigenvalue weighted by atomic mass is 9.97. The van der Waals surface area contributed by atoms with Gasteiger partial charge in [0.25, 0.3) is 0 Å². The number of rotatable bonds is 3. The van der Waals surface area contributed by atoms with Gasteiger partial charge in [-0.05, 0) is 34.9 Å². The first-order chi connectivity index (χ1) is 10.2. The Balaban J connectivity index is 2.05. The highest BCUT2D eigenvalue weighted by molar-refractivity contribution is 7.08. The average Bonchev–Trinajstić information content (AvgIpc) is 3.03. The van der Waals surface area contributed by atoms with E-state index in [2.05, 4.69) is 10.2 Å². The maximum atomic E-state index is 14.4. The fraction of sp³-hybridized carbons (Fsp3) is 0.375. The van der Waals surface area contributed by atoms with Gasteiger partial charge < -0.3 is 5.32 Å². The second-order valence-corrected chi connectivity index (χ2v) is 6.12. The highest BCUT2D eigenvalue weighted by Gasteiger charge is 2.28. The van der Waals surface area contributed by atoms with Gasteiger partial charge in [0, 0.05) is 31.7 Å². The summed E-state index contributed by atoms with van der Waals surface area (Å²) in [5.41, 5.74) is 1.81. The summed E-state index contributed by atoms with van der Waals surface area (Å²) in [5.74, 6) is -1.45. The molecule has 3 rings (SSSR count). The van der Waals surface area contributed by atoms with Gasteiger partial charge in [-0.15, -0.1) is 0 Å². The van der Waals surface area contributed by atoms with Crippen LogP contribution >= 0.6 is 11.3 Å². The number of aryl methyl sites for hydroxylation is 1. The molecule has 0 radical (unpaired) electrons. The molecule has 1 aliphatic rings. The van der Waals surface area contributed by atoms with E-state index in [4.69, 9.17) is 0 Å². The van der Waals surface area contributed by atoms with Gasteiger partial charge in [0.05, 0.1) is 6.04 Å². The van der Waals surface area contributed by atoms with E-state index >= 15 is 0 Å². The molecule has 2 nitrogen and oxygen atoms in total. The summed E-state index contributed by atoms with van der Waals surface area (Å²) >= 11 is 1.58. The van der Waals surface area contributed by atoms with E-state index in [1.807, 2.05) is 16.8 Å². The van der Waals surface area contributed by atoms with Gasteiger partial charge in [0.15, 0.2) is 11.6 Å². The Hall–Kier alpha value is -1.30. The highest BCUT2D eigenvalue weighted by atomic mass is 32.1. The molecule has 2 aromatic rings. The van der Waals surface area contributed by atoms with Crippen molar-refractivity contribution in [1.82, 2.24) is 10.2 Å². The molecule has 1 aliphatic heterocycles. The number of hydrogen-bond donors (Lipinski definition) is 1. The zero-order valence-electron chi connectivity index (χ0n) is 11.9. The van der Waals surface area contributed by atoms with Crippen LogP contribution in [0.3, 0.4) is 0 Å². The van der Waals surface area contributed by atoms with Crippen LogP contribution in [-0.2, 0) is 0 Å². The molecule has 5 heteroatoms. The van der Waals surface area contributed by atoms with Crippen LogP contribution in [0.1, 0.15) is 22.7 Å². The summed E-state index contributed by atoms with van der Waals surface area (Å²) in [7, 11) is 0. The third-order valence-electron chi connectivity index (χ3n) is 3.98. The van der Waals surface area contributed by atoms with E-state index in [-0.39, 0.29) is 6.04 Å². The van der Waals surface area contributed by atoms with Gasteiger partial charge >= 0.3 is 0 Å². The minimum absolute atomic E-state index is 0.214. The monoisotopic (exact) mass is 308 g/mol. The Bertz CT molecular complexity index is 607. The van der Waals surface area contributed by atoms with E-state index in [1.165, 1.54) is 0 Å². The van der Waals surface area contributed by atoms with E-state index in [9.17, 15) is 8.78 Å². The van der Waals surface area contributed by atoms with Gasteiger partial charge in [0.1, 0.15) is 0 Å². The van der Waals surface area contributed by atoms with Crippen molar-refractivity contribution in [3.63, 3.8) is 0 Å². The Morgan fingerprint density at radius 1 is 1.14 bits per heavy atom. The van der Waals surface area contributed by atoms with Gasteiger partial charge in [-0.3, -0.25) is 4.90 Å². The zero-order valence-corrected chi connectivity index (χ0v) is 12.7. The smallest absolute Gasteiger partial charge is 0.164 e. The van der Waals surface area contributed by atoms with Crippen molar-refractivity contribution >= 4 is 11.3 Å². The maximum absolute atomic E-state index is 14.4. The number of halogens is 2. The number of thiophene rings is 1. The lowest BCUT2D eigenvalue weighted by molar-refractivity contribution is 0.195. The summed E-state index contributed by atoms with van der Waals surface area (Å²) in [6.07, 6.45) is 0. The topological polar surface area (TPSA) is 15.3 Å². The predicted molar refractivity (Wildman–Crippen MR) is 81.7 cm³/mol. The first-order valence-corrected chi connectivity index (χ1v) is 8.04. The number of piperazine rings is 1. The number of nitrogens with zero attached hydrogens (tertiary/aromatic N) is 1. The minimum atomic E-state index is -0.733. The van der Waals surface area contributed by atoms with E-state index in [0.29, 0.717) is 11.1 Å². The molecular weight excluding hydrogens is 290 g/mol. The van der Waals surface area contributed by atoms with Crippen LogP contribution in [0.5, 0.6) is 0 Å². The fourth-order valence-corrected chi connectivity index (χ4v) is 3.51.